The lowest BCUT2D eigenvalue weighted by atomic mass is 10.1. The first-order valence-corrected chi connectivity index (χ1v) is 10.4. The Balaban J connectivity index is 1.52. The minimum Gasteiger partial charge on any atom is -0.492 e. The van der Waals surface area contributed by atoms with Crippen LogP contribution in [0.5, 0.6) is 5.75 Å². The average molecular weight is 416 g/mol. The smallest absolute Gasteiger partial charge is 0.191 e. The maximum Gasteiger partial charge on any atom is 0.191 e. The fourth-order valence-corrected chi connectivity index (χ4v) is 3.55. The number of rotatable bonds is 7. The first-order chi connectivity index (χ1) is 14.2. The second kappa shape index (κ2) is 10.9. The van der Waals surface area contributed by atoms with E-state index in [1.165, 1.54) is 5.69 Å². The molecule has 1 aliphatic rings. The van der Waals surface area contributed by atoms with Crippen molar-refractivity contribution in [3.05, 3.63) is 59.1 Å². The second-order valence-corrected chi connectivity index (χ2v) is 7.45. The van der Waals surface area contributed by atoms with Gasteiger partial charge in [0.2, 0.25) is 0 Å². The Labute approximate surface area is 178 Å². The van der Waals surface area contributed by atoms with Crippen molar-refractivity contribution in [3.8, 4) is 5.75 Å². The highest BCUT2D eigenvalue weighted by molar-refractivity contribution is 6.31. The minimum absolute atomic E-state index is 0.559. The average Bonchev–Trinajstić information content (AvgIpc) is 2.75. The summed E-state index contributed by atoms with van der Waals surface area (Å²) in [5.41, 5.74) is 2.29. The summed E-state index contributed by atoms with van der Waals surface area (Å²) in [6, 6.07) is 15.9. The maximum absolute atomic E-state index is 6.54. The third-order valence-corrected chi connectivity index (χ3v) is 5.35. The number of guanidine groups is 1. The Morgan fingerprint density at radius 3 is 2.52 bits per heavy atom. The van der Waals surface area contributed by atoms with Gasteiger partial charge < -0.3 is 25.2 Å². The van der Waals surface area contributed by atoms with E-state index in [9.17, 15) is 0 Å². The number of hydrogen-bond acceptors (Lipinski definition) is 4. The molecule has 2 aromatic carbocycles. The Kier molecular flexibility index (Phi) is 8.02. The molecule has 0 unspecified atom stereocenters. The lowest BCUT2D eigenvalue weighted by molar-refractivity contribution is 0.312. The van der Waals surface area contributed by atoms with Crippen molar-refractivity contribution in [2.24, 2.45) is 4.99 Å². The molecule has 0 radical (unpaired) electrons. The zero-order valence-electron chi connectivity index (χ0n) is 17.2. The van der Waals surface area contributed by atoms with Gasteiger partial charge in [-0.1, -0.05) is 35.9 Å². The van der Waals surface area contributed by atoms with E-state index >= 15 is 0 Å². The number of benzene rings is 2. The van der Waals surface area contributed by atoms with Gasteiger partial charge >= 0.3 is 0 Å². The predicted octanol–water partition coefficient (Wildman–Crippen LogP) is 2.84. The minimum atomic E-state index is 0.559. The van der Waals surface area contributed by atoms with Crippen LogP contribution in [-0.4, -0.2) is 64.3 Å². The number of nitrogens with zero attached hydrogens (tertiary/aromatic N) is 3. The van der Waals surface area contributed by atoms with Crippen molar-refractivity contribution in [2.75, 3.05) is 58.3 Å². The van der Waals surface area contributed by atoms with Gasteiger partial charge in [0.05, 0.1) is 6.54 Å². The zero-order valence-corrected chi connectivity index (χ0v) is 18.0. The van der Waals surface area contributed by atoms with Crippen LogP contribution in [0.2, 0.25) is 5.02 Å². The number of piperazine rings is 1. The van der Waals surface area contributed by atoms with Crippen molar-refractivity contribution in [3.63, 3.8) is 0 Å². The van der Waals surface area contributed by atoms with Crippen molar-refractivity contribution in [1.29, 1.82) is 0 Å². The Bertz CT molecular complexity index is 791. The van der Waals surface area contributed by atoms with E-state index in [4.69, 9.17) is 16.3 Å². The highest BCUT2D eigenvalue weighted by Gasteiger charge is 2.18. The first-order valence-electron chi connectivity index (χ1n) is 10.0. The molecule has 0 saturated carbocycles. The van der Waals surface area contributed by atoms with Crippen LogP contribution in [-0.2, 0) is 6.54 Å². The SMILES string of the molecule is CN=C(NCCOc1ccccc1)NCc1c(Cl)cccc1N1CCN(C)CC1. The first kappa shape index (κ1) is 21.3. The number of aliphatic imine (C=N–C) groups is 1. The number of para-hydroxylation sites is 1. The summed E-state index contributed by atoms with van der Waals surface area (Å²) in [4.78, 5) is 9.06. The van der Waals surface area contributed by atoms with Crippen LogP contribution in [0.25, 0.3) is 0 Å². The van der Waals surface area contributed by atoms with Crippen LogP contribution in [0.15, 0.2) is 53.5 Å². The van der Waals surface area contributed by atoms with E-state index in [1.54, 1.807) is 7.05 Å². The van der Waals surface area contributed by atoms with Crippen LogP contribution < -0.4 is 20.3 Å². The van der Waals surface area contributed by atoms with Gasteiger partial charge in [-0.2, -0.15) is 0 Å². The predicted molar refractivity (Wildman–Crippen MR) is 121 cm³/mol. The third-order valence-electron chi connectivity index (χ3n) is 5.00. The molecule has 0 aliphatic carbocycles. The van der Waals surface area contributed by atoms with E-state index in [2.05, 4.69) is 38.5 Å². The third kappa shape index (κ3) is 6.27. The van der Waals surface area contributed by atoms with Crippen LogP contribution in [0, 0.1) is 0 Å². The van der Waals surface area contributed by atoms with E-state index in [1.807, 2.05) is 42.5 Å². The molecule has 1 fully saturated rings. The van der Waals surface area contributed by atoms with Gasteiger partial charge in [0.1, 0.15) is 12.4 Å². The van der Waals surface area contributed by atoms with E-state index < -0.39 is 0 Å². The zero-order chi connectivity index (χ0) is 20.5. The monoisotopic (exact) mass is 415 g/mol. The second-order valence-electron chi connectivity index (χ2n) is 7.04. The normalized spacial score (nSPS) is 15.3. The number of hydrogen-bond donors (Lipinski definition) is 2. The van der Waals surface area contributed by atoms with Gasteiger partial charge in [0, 0.05) is 56.0 Å². The molecule has 0 spiro atoms. The molecular weight excluding hydrogens is 386 g/mol. The standard InChI is InChI=1S/C22H30ClN5O/c1-24-22(25-11-16-29-18-7-4-3-5-8-18)26-17-19-20(23)9-6-10-21(19)28-14-12-27(2)13-15-28/h3-10H,11-17H2,1-2H3,(H2,24,25,26). The summed E-state index contributed by atoms with van der Waals surface area (Å²) < 4.78 is 5.71. The van der Waals surface area contributed by atoms with E-state index in [0.717, 1.165) is 48.5 Å². The lowest BCUT2D eigenvalue weighted by Crippen LogP contribution is -2.45. The highest BCUT2D eigenvalue weighted by Crippen LogP contribution is 2.28. The molecule has 2 aromatic rings. The molecule has 1 aliphatic heterocycles. The molecule has 0 aromatic heterocycles. The summed E-state index contributed by atoms with van der Waals surface area (Å²) in [5.74, 6) is 1.59. The van der Waals surface area contributed by atoms with Gasteiger partial charge in [0.25, 0.3) is 0 Å². The summed E-state index contributed by atoms with van der Waals surface area (Å²) in [7, 11) is 3.93. The molecule has 2 N–H and O–H groups in total. The molecule has 3 rings (SSSR count). The molecule has 1 saturated heterocycles. The largest absolute Gasteiger partial charge is 0.492 e. The molecule has 156 valence electrons. The molecule has 0 atom stereocenters. The van der Waals surface area contributed by atoms with Crippen LogP contribution in [0.4, 0.5) is 5.69 Å². The quantitative estimate of drug-likeness (QED) is 0.413. The number of anilines is 1. The summed E-state index contributed by atoms with van der Waals surface area (Å²) in [5, 5.41) is 7.43. The summed E-state index contributed by atoms with van der Waals surface area (Å²) >= 11 is 6.54. The van der Waals surface area contributed by atoms with Crippen molar-refractivity contribution in [1.82, 2.24) is 15.5 Å². The van der Waals surface area contributed by atoms with Crippen molar-refractivity contribution >= 4 is 23.2 Å². The van der Waals surface area contributed by atoms with E-state index in [-0.39, 0.29) is 0 Å². The van der Waals surface area contributed by atoms with E-state index in [0.29, 0.717) is 19.7 Å². The van der Waals surface area contributed by atoms with Crippen molar-refractivity contribution < 1.29 is 4.74 Å². The topological polar surface area (TPSA) is 52.1 Å². The molecule has 29 heavy (non-hydrogen) atoms. The lowest BCUT2D eigenvalue weighted by Gasteiger charge is -2.35. The maximum atomic E-state index is 6.54. The van der Waals surface area contributed by atoms with Gasteiger partial charge in [0.15, 0.2) is 5.96 Å². The van der Waals surface area contributed by atoms with Crippen LogP contribution >= 0.6 is 11.6 Å². The Morgan fingerprint density at radius 2 is 1.79 bits per heavy atom. The van der Waals surface area contributed by atoms with Crippen LogP contribution in [0.1, 0.15) is 5.56 Å². The molecule has 0 amide bonds. The molecular formula is C22H30ClN5O. The number of ether oxygens (including phenoxy) is 1. The summed E-state index contributed by atoms with van der Waals surface area (Å²) in [6.45, 7) is 5.96. The Hall–Kier alpha value is -2.44. The number of halogens is 1. The fraction of sp³-hybridized carbons (Fsp3) is 0.409. The molecule has 1 heterocycles. The Morgan fingerprint density at radius 1 is 1.03 bits per heavy atom. The molecule has 0 bridgehead atoms. The van der Waals surface area contributed by atoms with Crippen molar-refractivity contribution in [2.45, 2.75) is 6.54 Å². The number of nitrogens with one attached hydrogen (secondary N) is 2. The van der Waals surface area contributed by atoms with Gasteiger partial charge in [-0.05, 0) is 31.3 Å². The van der Waals surface area contributed by atoms with Gasteiger partial charge in [-0.3, -0.25) is 4.99 Å². The van der Waals surface area contributed by atoms with Gasteiger partial charge in [-0.25, -0.2) is 0 Å². The molecule has 6 nitrogen and oxygen atoms in total. The fourth-order valence-electron chi connectivity index (χ4n) is 3.31. The highest BCUT2D eigenvalue weighted by atomic mass is 35.5. The van der Waals surface area contributed by atoms with Gasteiger partial charge in [-0.15, -0.1) is 0 Å². The molecule has 7 heteroatoms. The van der Waals surface area contributed by atoms with Crippen LogP contribution in [0.3, 0.4) is 0 Å². The summed E-state index contributed by atoms with van der Waals surface area (Å²) in [6.07, 6.45) is 0. The number of likely N-dealkylation sites (N-methyl/N-ethyl adjacent to an activating group) is 1.